The van der Waals surface area contributed by atoms with Gasteiger partial charge in [-0.3, -0.25) is 0 Å². The van der Waals surface area contributed by atoms with Crippen molar-refractivity contribution in [1.82, 2.24) is 9.13 Å². The fourth-order valence-electron chi connectivity index (χ4n) is 6.02. The van der Waals surface area contributed by atoms with E-state index < -0.39 is 0 Å². The van der Waals surface area contributed by atoms with Gasteiger partial charge in [0.25, 0.3) is 0 Å². The van der Waals surface area contributed by atoms with Crippen LogP contribution >= 0.6 is 0 Å². The summed E-state index contributed by atoms with van der Waals surface area (Å²) in [7, 11) is 0. The Kier molecular flexibility index (Phi) is 5.17. The van der Waals surface area contributed by atoms with Crippen molar-refractivity contribution in [3.8, 4) is 33.6 Å². The van der Waals surface area contributed by atoms with Crippen LogP contribution in [0, 0.1) is 0 Å². The summed E-state index contributed by atoms with van der Waals surface area (Å²) in [6.45, 7) is 0. The number of benzene rings is 6. The first-order valence-corrected chi connectivity index (χ1v) is 13.7. The molecule has 0 radical (unpaired) electrons. The van der Waals surface area contributed by atoms with Gasteiger partial charge in [-0.05, 0) is 82.9 Å². The number of fused-ring (bicyclic) bond motifs is 4. The van der Waals surface area contributed by atoms with Gasteiger partial charge in [-0.15, -0.1) is 0 Å². The Morgan fingerprint density at radius 1 is 0.350 bits per heavy atom. The van der Waals surface area contributed by atoms with E-state index in [1.54, 1.807) is 0 Å². The highest BCUT2D eigenvalue weighted by atomic mass is 15.0. The van der Waals surface area contributed by atoms with Crippen LogP contribution in [0.4, 0.5) is 0 Å². The van der Waals surface area contributed by atoms with Crippen molar-refractivity contribution in [2.75, 3.05) is 0 Å². The molecule has 0 saturated heterocycles. The molecule has 2 nitrogen and oxygen atoms in total. The SMILES string of the molecule is c1ccc(-c2cccc(-n3c4ccccc4c4cc(-c5ccc6c(ccn6-c6ccccc6)c5)ccc43)c2)cc1. The van der Waals surface area contributed by atoms with Gasteiger partial charge in [0, 0.05) is 33.7 Å². The summed E-state index contributed by atoms with van der Waals surface area (Å²) in [5, 5.41) is 3.77. The van der Waals surface area contributed by atoms with Gasteiger partial charge in [-0.2, -0.15) is 0 Å². The molecule has 0 saturated carbocycles. The Morgan fingerprint density at radius 2 is 0.975 bits per heavy atom. The molecule has 0 N–H and O–H groups in total. The maximum atomic E-state index is 2.39. The molecule has 6 aromatic carbocycles. The van der Waals surface area contributed by atoms with E-state index in [2.05, 4.69) is 167 Å². The van der Waals surface area contributed by atoms with E-state index in [9.17, 15) is 0 Å². The molecule has 8 rings (SSSR count). The lowest BCUT2D eigenvalue weighted by Gasteiger charge is -2.11. The van der Waals surface area contributed by atoms with Gasteiger partial charge < -0.3 is 9.13 Å². The minimum Gasteiger partial charge on any atom is -0.317 e. The van der Waals surface area contributed by atoms with E-state index in [0.717, 1.165) is 0 Å². The van der Waals surface area contributed by atoms with Gasteiger partial charge in [-0.1, -0.05) is 91.0 Å². The molecule has 0 atom stereocenters. The molecular weight excluding hydrogens is 484 g/mol. The Hall–Kier alpha value is -5.34. The highest BCUT2D eigenvalue weighted by Gasteiger charge is 2.14. The van der Waals surface area contributed by atoms with Crippen molar-refractivity contribution in [1.29, 1.82) is 0 Å². The zero-order valence-corrected chi connectivity index (χ0v) is 21.9. The quantitative estimate of drug-likeness (QED) is 0.223. The van der Waals surface area contributed by atoms with Crippen molar-refractivity contribution in [2.24, 2.45) is 0 Å². The van der Waals surface area contributed by atoms with Gasteiger partial charge in [0.15, 0.2) is 0 Å². The molecule has 0 spiro atoms. The molecule has 8 aromatic rings. The summed E-state index contributed by atoms with van der Waals surface area (Å²) >= 11 is 0. The number of aromatic nitrogens is 2. The molecule has 2 heteroatoms. The Bertz CT molecular complexity index is 2150. The Morgan fingerprint density at radius 3 is 1.82 bits per heavy atom. The topological polar surface area (TPSA) is 9.86 Å². The third-order valence-electron chi connectivity index (χ3n) is 7.94. The molecule has 40 heavy (non-hydrogen) atoms. The van der Waals surface area contributed by atoms with E-state index in [-0.39, 0.29) is 0 Å². The molecule has 0 fully saturated rings. The summed E-state index contributed by atoms with van der Waals surface area (Å²) < 4.78 is 4.64. The standard InChI is InChI=1S/C38H26N2/c1-3-10-27(11-4-1)28-12-9-15-33(25-28)40-37-17-8-7-16-34(37)35-26-30(19-21-38(35)40)29-18-20-36-31(24-29)22-23-39(36)32-13-5-2-6-14-32/h1-26H. The van der Waals surface area contributed by atoms with Crippen LogP contribution < -0.4 is 0 Å². The average molecular weight is 511 g/mol. The Labute approximate surface area is 233 Å². The predicted molar refractivity (Wildman–Crippen MR) is 168 cm³/mol. The molecule has 0 unspecified atom stereocenters. The number of rotatable bonds is 4. The Balaban J connectivity index is 1.27. The second-order valence-electron chi connectivity index (χ2n) is 10.3. The highest BCUT2D eigenvalue weighted by molar-refractivity contribution is 6.10. The van der Waals surface area contributed by atoms with Crippen molar-refractivity contribution in [3.05, 3.63) is 158 Å². The first-order chi connectivity index (χ1) is 19.8. The van der Waals surface area contributed by atoms with Gasteiger partial charge in [0.2, 0.25) is 0 Å². The summed E-state index contributed by atoms with van der Waals surface area (Å²) in [6, 6.07) is 54.5. The van der Waals surface area contributed by atoms with E-state index >= 15 is 0 Å². The summed E-state index contributed by atoms with van der Waals surface area (Å²) in [5.41, 5.74) is 10.9. The van der Waals surface area contributed by atoms with Crippen LogP contribution in [0.5, 0.6) is 0 Å². The molecule has 0 bridgehead atoms. The molecule has 0 aliphatic carbocycles. The molecule has 188 valence electrons. The van der Waals surface area contributed by atoms with Crippen molar-refractivity contribution in [2.45, 2.75) is 0 Å². The van der Waals surface area contributed by atoms with Crippen LogP contribution in [0.1, 0.15) is 0 Å². The van der Waals surface area contributed by atoms with E-state index in [1.807, 2.05) is 0 Å². The van der Waals surface area contributed by atoms with Crippen LogP contribution in [-0.4, -0.2) is 9.13 Å². The van der Waals surface area contributed by atoms with Crippen LogP contribution in [-0.2, 0) is 0 Å². The smallest absolute Gasteiger partial charge is 0.0541 e. The first-order valence-electron chi connectivity index (χ1n) is 13.7. The van der Waals surface area contributed by atoms with E-state index in [4.69, 9.17) is 0 Å². The summed E-state index contributed by atoms with van der Waals surface area (Å²) in [4.78, 5) is 0. The fourth-order valence-corrected chi connectivity index (χ4v) is 6.02. The summed E-state index contributed by atoms with van der Waals surface area (Å²) in [6.07, 6.45) is 2.16. The number of para-hydroxylation sites is 2. The lowest BCUT2D eigenvalue weighted by atomic mass is 10.0. The number of hydrogen-bond donors (Lipinski definition) is 0. The minimum atomic E-state index is 1.17. The monoisotopic (exact) mass is 510 g/mol. The third-order valence-corrected chi connectivity index (χ3v) is 7.94. The zero-order valence-electron chi connectivity index (χ0n) is 21.9. The van der Waals surface area contributed by atoms with Gasteiger partial charge in [0.1, 0.15) is 0 Å². The summed E-state index contributed by atoms with van der Waals surface area (Å²) in [5.74, 6) is 0. The van der Waals surface area contributed by atoms with E-state index in [1.165, 1.54) is 66.3 Å². The van der Waals surface area contributed by atoms with Crippen LogP contribution in [0.3, 0.4) is 0 Å². The van der Waals surface area contributed by atoms with Crippen LogP contribution in [0.15, 0.2) is 158 Å². The van der Waals surface area contributed by atoms with Gasteiger partial charge in [-0.25, -0.2) is 0 Å². The first kappa shape index (κ1) is 22.6. The molecular formula is C38H26N2. The normalized spacial score (nSPS) is 11.5. The van der Waals surface area contributed by atoms with E-state index in [0.29, 0.717) is 0 Å². The largest absolute Gasteiger partial charge is 0.317 e. The van der Waals surface area contributed by atoms with Crippen LogP contribution in [0.2, 0.25) is 0 Å². The number of hydrogen-bond acceptors (Lipinski definition) is 0. The maximum absolute atomic E-state index is 2.39. The molecule has 2 aromatic heterocycles. The fraction of sp³-hybridized carbons (Fsp3) is 0. The second kappa shape index (κ2) is 9.14. The number of nitrogens with zero attached hydrogens (tertiary/aromatic N) is 2. The van der Waals surface area contributed by atoms with Crippen LogP contribution in [0.25, 0.3) is 66.3 Å². The van der Waals surface area contributed by atoms with Crippen molar-refractivity contribution in [3.63, 3.8) is 0 Å². The molecule has 0 aliphatic heterocycles. The van der Waals surface area contributed by atoms with Gasteiger partial charge >= 0.3 is 0 Å². The second-order valence-corrected chi connectivity index (χ2v) is 10.3. The minimum absolute atomic E-state index is 1.17. The molecule has 0 aliphatic rings. The van der Waals surface area contributed by atoms with Gasteiger partial charge in [0.05, 0.1) is 16.6 Å². The predicted octanol–water partition coefficient (Wildman–Crippen LogP) is 10.1. The third kappa shape index (κ3) is 3.65. The average Bonchev–Trinajstić information content (AvgIpc) is 3.60. The molecule has 0 amide bonds. The lowest BCUT2D eigenvalue weighted by molar-refractivity contribution is 1.13. The zero-order chi connectivity index (χ0) is 26.5. The lowest BCUT2D eigenvalue weighted by Crippen LogP contribution is -1.94. The highest BCUT2D eigenvalue weighted by Crippen LogP contribution is 2.36. The van der Waals surface area contributed by atoms with Crippen molar-refractivity contribution >= 4 is 32.7 Å². The van der Waals surface area contributed by atoms with Crippen molar-refractivity contribution < 1.29 is 0 Å². The maximum Gasteiger partial charge on any atom is 0.0541 e. The molecule has 2 heterocycles.